The topological polar surface area (TPSA) is 15.3 Å². The molecular weight excluding hydrogens is 335 g/mol. The fourth-order valence-electron chi connectivity index (χ4n) is 4.47. The number of fused-ring (bicyclic) bond motifs is 2. The number of halogens is 2. The molecule has 0 spiro atoms. The quantitative estimate of drug-likeness (QED) is 0.660. The minimum absolute atomic E-state index is 0.371. The third-order valence-electron chi connectivity index (χ3n) is 4.85. The Hall–Kier alpha value is -0.510. The molecule has 0 amide bonds. The number of thiocarbonyl (C=S) groups is 1. The summed E-state index contributed by atoms with van der Waals surface area (Å²) in [5.41, 5.74) is 1.66. The SMILES string of the molecule is CC1(C)C[C@H]2C[C@@](C)(CN2C(=S)Nc2ccc(Cl)c(Cl)c2)C1. The minimum atomic E-state index is 0.371. The molecule has 0 aromatic heterocycles. The maximum atomic E-state index is 6.08. The fourth-order valence-corrected chi connectivity index (χ4v) is 5.10. The van der Waals surface area contributed by atoms with Crippen LogP contribution >= 0.6 is 35.4 Å². The predicted molar refractivity (Wildman–Crippen MR) is 98.9 cm³/mol. The molecule has 2 fully saturated rings. The first kappa shape index (κ1) is 16.4. The Bertz CT molecular complexity index is 617. The lowest BCUT2D eigenvalue weighted by atomic mass is 9.65. The summed E-state index contributed by atoms with van der Waals surface area (Å²) in [7, 11) is 0. The maximum absolute atomic E-state index is 6.08. The predicted octanol–water partition coefficient (Wildman–Crippen LogP) is 5.59. The van der Waals surface area contributed by atoms with Gasteiger partial charge in [0.05, 0.1) is 10.0 Å². The molecular formula is C17H22Cl2N2S. The van der Waals surface area contributed by atoms with Gasteiger partial charge in [-0.15, -0.1) is 0 Å². The van der Waals surface area contributed by atoms with Gasteiger partial charge in [-0.25, -0.2) is 0 Å². The van der Waals surface area contributed by atoms with E-state index in [4.69, 9.17) is 35.4 Å². The van der Waals surface area contributed by atoms with Crippen LogP contribution in [-0.4, -0.2) is 22.6 Å². The summed E-state index contributed by atoms with van der Waals surface area (Å²) in [6, 6.07) is 6.07. The smallest absolute Gasteiger partial charge is 0.173 e. The van der Waals surface area contributed by atoms with Crippen molar-refractivity contribution in [3.63, 3.8) is 0 Å². The first-order valence-corrected chi connectivity index (χ1v) is 8.87. The van der Waals surface area contributed by atoms with E-state index in [0.717, 1.165) is 17.3 Å². The largest absolute Gasteiger partial charge is 0.345 e. The zero-order valence-electron chi connectivity index (χ0n) is 13.2. The molecule has 1 N–H and O–H groups in total. The summed E-state index contributed by atoms with van der Waals surface area (Å²) in [5.74, 6) is 0. The summed E-state index contributed by atoms with van der Waals surface area (Å²) in [6.07, 6.45) is 3.70. The number of nitrogens with zero attached hydrogens (tertiary/aromatic N) is 1. The first-order valence-electron chi connectivity index (χ1n) is 7.70. The van der Waals surface area contributed by atoms with Gasteiger partial charge in [0.15, 0.2) is 5.11 Å². The highest BCUT2D eigenvalue weighted by Gasteiger charge is 2.50. The van der Waals surface area contributed by atoms with Crippen LogP contribution < -0.4 is 5.32 Å². The van der Waals surface area contributed by atoms with E-state index in [9.17, 15) is 0 Å². The fraction of sp³-hybridized carbons (Fsp3) is 0.588. The average Bonchev–Trinajstić information content (AvgIpc) is 2.63. The van der Waals surface area contributed by atoms with Gasteiger partial charge in [-0.1, -0.05) is 44.0 Å². The molecule has 120 valence electrons. The molecule has 3 rings (SSSR count). The van der Waals surface area contributed by atoms with Crippen LogP contribution in [0.2, 0.25) is 10.0 Å². The van der Waals surface area contributed by atoms with Crippen LogP contribution in [0.1, 0.15) is 40.0 Å². The van der Waals surface area contributed by atoms with E-state index in [-0.39, 0.29) is 0 Å². The summed E-state index contributed by atoms with van der Waals surface area (Å²) < 4.78 is 0. The Morgan fingerprint density at radius 2 is 1.95 bits per heavy atom. The molecule has 1 saturated heterocycles. The monoisotopic (exact) mass is 356 g/mol. The van der Waals surface area contributed by atoms with E-state index in [1.807, 2.05) is 12.1 Å². The van der Waals surface area contributed by atoms with Crippen molar-refractivity contribution in [2.75, 3.05) is 11.9 Å². The second-order valence-corrected chi connectivity index (χ2v) is 9.10. The van der Waals surface area contributed by atoms with E-state index in [2.05, 4.69) is 31.0 Å². The maximum Gasteiger partial charge on any atom is 0.173 e. The molecule has 1 aromatic rings. The van der Waals surface area contributed by atoms with E-state index in [1.165, 1.54) is 19.3 Å². The summed E-state index contributed by atoms with van der Waals surface area (Å²) in [5, 5.41) is 5.22. The number of rotatable bonds is 1. The van der Waals surface area contributed by atoms with Gasteiger partial charge in [0.25, 0.3) is 0 Å². The molecule has 2 atom stereocenters. The van der Waals surface area contributed by atoms with E-state index < -0.39 is 0 Å². The van der Waals surface area contributed by atoms with Crippen molar-refractivity contribution in [2.45, 2.75) is 46.1 Å². The molecule has 0 unspecified atom stereocenters. The number of hydrogen-bond acceptors (Lipinski definition) is 1. The third-order valence-corrected chi connectivity index (χ3v) is 5.92. The Kier molecular flexibility index (Phi) is 4.12. The van der Waals surface area contributed by atoms with E-state index >= 15 is 0 Å². The van der Waals surface area contributed by atoms with Crippen LogP contribution in [0.5, 0.6) is 0 Å². The van der Waals surface area contributed by atoms with Gasteiger partial charge in [0.1, 0.15) is 0 Å². The first-order chi connectivity index (χ1) is 10.2. The number of benzene rings is 1. The van der Waals surface area contributed by atoms with Crippen molar-refractivity contribution in [1.82, 2.24) is 4.90 Å². The van der Waals surface area contributed by atoms with Crippen molar-refractivity contribution >= 4 is 46.2 Å². The highest BCUT2D eigenvalue weighted by Crippen LogP contribution is 2.52. The lowest BCUT2D eigenvalue weighted by Gasteiger charge is -2.39. The standard InChI is InChI=1S/C17H22Cl2N2S/c1-16(2)7-12-8-17(3,9-16)10-21(12)15(22)20-11-4-5-13(18)14(19)6-11/h4-6,12H,7-10H2,1-3H3,(H,20,22)/t12-,17+/m0/s1. The van der Waals surface area contributed by atoms with Gasteiger partial charge in [-0.05, 0) is 60.5 Å². The minimum Gasteiger partial charge on any atom is -0.345 e. The number of likely N-dealkylation sites (tertiary alicyclic amines) is 1. The molecule has 1 aromatic carbocycles. The van der Waals surface area contributed by atoms with Crippen molar-refractivity contribution in [3.05, 3.63) is 28.2 Å². The summed E-state index contributed by atoms with van der Waals surface area (Å²) in [4.78, 5) is 2.37. The van der Waals surface area contributed by atoms with Crippen LogP contribution in [0.4, 0.5) is 5.69 Å². The Morgan fingerprint density at radius 3 is 2.64 bits per heavy atom. The van der Waals surface area contributed by atoms with Gasteiger partial charge in [-0.2, -0.15) is 0 Å². The highest BCUT2D eigenvalue weighted by atomic mass is 35.5. The van der Waals surface area contributed by atoms with Crippen molar-refractivity contribution in [1.29, 1.82) is 0 Å². The second kappa shape index (κ2) is 5.54. The molecule has 1 heterocycles. The molecule has 1 aliphatic carbocycles. The lowest BCUT2D eigenvalue weighted by Crippen LogP contribution is -2.39. The zero-order chi connectivity index (χ0) is 16.1. The molecule has 2 nitrogen and oxygen atoms in total. The van der Waals surface area contributed by atoms with Gasteiger partial charge in [0, 0.05) is 18.3 Å². The number of nitrogens with one attached hydrogen (secondary N) is 1. The Labute approximate surface area is 148 Å². The average molecular weight is 357 g/mol. The van der Waals surface area contributed by atoms with Gasteiger partial charge in [-0.3, -0.25) is 0 Å². The third kappa shape index (κ3) is 3.22. The molecule has 1 saturated carbocycles. The van der Waals surface area contributed by atoms with Crippen molar-refractivity contribution in [3.8, 4) is 0 Å². The number of anilines is 1. The van der Waals surface area contributed by atoms with E-state index in [1.54, 1.807) is 6.07 Å². The van der Waals surface area contributed by atoms with E-state index in [0.29, 0.717) is 26.9 Å². The molecule has 0 radical (unpaired) electrons. The lowest BCUT2D eigenvalue weighted by molar-refractivity contribution is 0.132. The van der Waals surface area contributed by atoms with Crippen molar-refractivity contribution < 1.29 is 0 Å². The Morgan fingerprint density at radius 1 is 1.23 bits per heavy atom. The highest BCUT2D eigenvalue weighted by molar-refractivity contribution is 7.80. The van der Waals surface area contributed by atoms with Crippen LogP contribution in [0.3, 0.4) is 0 Å². The normalized spacial score (nSPS) is 29.5. The summed E-state index contributed by atoms with van der Waals surface area (Å²) >= 11 is 17.7. The molecule has 2 aliphatic rings. The van der Waals surface area contributed by atoms with Gasteiger partial charge in [0.2, 0.25) is 0 Å². The van der Waals surface area contributed by atoms with Crippen LogP contribution in [0.25, 0.3) is 0 Å². The van der Waals surface area contributed by atoms with Crippen LogP contribution in [0.15, 0.2) is 18.2 Å². The second-order valence-electron chi connectivity index (χ2n) is 7.90. The van der Waals surface area contributed by atoms with Crippen LogP contribution in [-0.2, 0) is 0 Å². The molecule has 1 aliphatic heterocycles. The van der Waals surface area contributed by atoms with Crippen LogP contribution in [0, 0.1) is 10.8 Å². The van der Waals surface area contributed by atoms with Gasteiger partial charge < -0.3 is 10.2 Å². The molecule has 2 bridgehead atoms. The zero-order valence-corrected chi connectivity index (χ0v) is 15.6. The van der Waals surface area contributed by atoms with Gasteiger partial charge >= 0.3 is 0 Å². The molecule has 5 heteroatoms. The number of hydrogen-bond donors (Lipinski definition) is 1. The summed E-state index contributed by atoms with van der Waals surface area (Å²) in [6.45, 7) is 8.17. The molecule has 22 heavy (non-hydrogen) atoms. The van der Waals surface area contributed by atoms with Crippen molar-refractivity contribution in [2.24, 2.45) is 10.8 Å². The Balaban J connectivity index is 1.74.